The minimum Gasteiger partial charge on any atom is -0.362 e. The Kier molecular flexibility index (Phi) is 5.59. The molecule has 0 bridgehead atoms. The molecule has 2 aromatic rings. The summed E-state index contributed by atoms with van der Waals surface area (Å²) in [6.07, 6.45) is 0.963. The van der Waals surface area contributed by atoms with Gasteiger partial charge in [-0.05, 0) is 62.8 Å². The number of nitrogens with one attached hydrogen (secondary N) is 2. The van der Waals surface area contributed by atoms with Crippen LogP contribution in [0.15, 0.2) is 30.3 Å². The summed E-state index contributed by atoms with van der Waals surface area (Å²) in [7, 11) is 0. The first-order valence-electron chi connectivity index (χ1n) is 6.86. The number of hydrogen-bond acceptors (Lipinski definition) is 2. The van der Waals surface area contributed by atoms with E-state index < -0.39 is 0 Å². The van der Waals surface area contributed by atoms with E-state index in [2.05, 4.69) is 28.7 Å². The van der Waals surface area contributed by atoms with Crippen molar-refractivity contribution in [3.63, 3.8) is 0 Å². The fourth-order valence-electron chi connectivity index (χ4n) is 2.04. The largest absolute Gasteiger partial charge is 0.362 e. The SMILES string of the molecule is Cc1cc(C)n(CCCNC(=S)Nc2ccc(Cl)cc2)n1. The molecule has 2 N–H and O–H groups in total. The molecule has 0 fully saturated rings. The molecule has 0 amide bonds. The molecule has 1 aromatic heterocycles. The average Bonchev–Trinajstić information content (AvgIpc) is 2.76. The van der Waals surface area contributed by atoms with Crippen molar-refractivity contribution in [2.75, 3.05) is 11.9 Å². The molecule has 0 spiro atoms. The first kappa shape index (κ1) is 15.8. The number of hydrogen-bond donors (Lipinski definition) is 2. The molecule has 0 aliphatic heterocycles. The van der Waals surface area contributed by atoms with E-state index in [1.807, 2.05) is 35.9 Å². The van der Waals surface area contributed by atoms with Crippen LogP contribution in [0.5, 0.6) is 0 Å². The van der Waals surface area contributed by atoms with Crippen molar-refractivity contribution < 1.29 is 0 Å². The van der Waals surface area contributed by atoms with Gasteiger partial charge in [-0.3, -0.25) is 4.68 Å². The van der Waals surface area contributed by atoms with Gasteiger partial charge < -0.3 is 10.6 Å². The second-order valence-electron chi connectivity index (χ2n) is 4.89. The minimum atomic E-state index is 0.616. The van der Waals surface area contributed by atoms with Gasteiger partial charge in [-0.2, -0.15) is 5.10 Å². The van der Waals surface area contributed by atoms with Gasteiger partial charge in [0.15, 0.2) is 5.11 Å². The molecule has 21 heavy (non-hydrogen) atoms. The van der Waals surface area contributed by atoms with Crippen molar-refractivity contribution in [3.05, 3.63) is 46.7 Å². The zero-order valence-electron chi connectivity index (χ0n) is 12.2. The molecule has 6 heteroatoms. The lowest BCUT2D eigenvalue weighted by Crippen LogP contribution is -2.29. The van der Waals surface area contributed by atoms with Crippen molar-refractivity contribution in [2.24, 2.45) is 0 Å². The zero-order valence-corrected chi connectivity index (χ0v) is 13.8. The predicted octanol–water partition coefficient (Wildman–Crippen LogP) is 3.53. The highest BCUT2D eigenvalue weighted by atomic mass is 35.5. The average molecular weight is 323 g/mol. The Labute approximate surface area is 135 Å². The summed E-state index contributed by atoms with van der Waals surface area (Å²) in [6.45, 7) is 5.76. The normalized spacial score (nSPS) is 10.4. The first-order valence-corrected chi connectivity index (χ1v) is 7.65. The van der Waals surface area contributed by atoms with Gasteiger partial charge in [-0.1, -0.05) is 11.6 Å². The number of anilines is 1. The quantitative estimate of drug-likeness (QED) is 0.653. The Morgan fingerprint density at radius 1 is 1.29 bits per heavy atom. The van der Waals surface area contributed by atoms with Gasteiger partial charge in [0.2, 0.25) is 0 Å². The lowest BCUT2D eigenvalue weighted by Gasteiger charge is -2.11. The maximum absolute atomic E-state index is 5.84. The number of aryl methyl sites for hydroxylation is 3. The summed E-state index contributed by atoms with van der Waals surface area (Å²) in [5, 5.41) is 12.1. The topological polar surface area (TPSA) is 41.9 Å². The van der Waals surface area contributed by atoms with Gasteiger partial charge in [0.1, 0.15) is 0 Å². The highest BCUT2D eigenvalue weighted by Gasteiger charge is 2.01. The number of rotatable bonds is 5. The van der Waals surface area contributed by atoms with E-state index in [1.165, 1.54) is 5.69 Å². The van der Waals surface area contributed by atoms with Crippen LogP contribution in [0.1, 0.15) is 17.8 Å². The van der Waals surface area contributed by atoms with E-state index >= 15 is 0 Å². The molecule has 0 aliphatic rings. The highest BCUT2D eigenvalue weighted by molar-refractivity contribution is 7.80. The van der Waals surface area contributed by atoms with Crippen molar-refractivity contribution in [1.82, 2.24) is 15.1 Å². The highest BCUT2D eigenvalue weighted by Crippen LogP contribution is 2.13. The van der Waals surface area contributed by atoms with E-state index in [0.29, 0.717) is 10.1 Å². The molecular weight excluding hydrogens is 304 g/mol. The van der Waals surface area contributed by atoms with Crippen LogP contribution in [0.2, 0.25) is 5.02 Å². The first-order chi connectivity index (χ1) is 10.0. The molecule has 0 saturated carbocycles. The minimum absolute atomic E-state index is 0.616. The molecule has 4 nitrogen and oxygen atoms in total. The molecule has 0 aliphatic carbocycles. The second-order valence-corrected chi connectivity index (χ2v) is 5.74. The van der Waals surface area contributed by atoms with Crippen molar-refractivity contribution in [1.29, 1.82) is 0 Å². The monoisotopic (exact) mass is 322 g/mol. The third-order valence-corrected chi connectivity index (χ3v) is 3.54. The van der Waals surface area contributed by atoms with Gasteiger partial charge in [0.25, 0.3) is 0 Å². The van der Waals surface area contributed by atoms with Gasteiger partial charge >= 0.3 is 0 Å². The molecule has 0 atom stereocenters. The summed E-state index contributed by atoms with van der Waals surface area (Å²) < 4.78 is 2.02. The molecule has 0 unspecified atom stereocenters. The predicted molar refractivity (Wildman–Crippen MR) is 92.0 cm³/mol. The van der Waals surface area contributed by atoms with Crippen LogP contribution < -0.4 is 10.6 Å². The fraction of sp³-hybridized carbons (Fsp3) is 0.333. The summed E-state index contributed by atoms with van der Waals surface area (Å²) in [4.78, 5) is 0. The van der Waals surface area contributed by atoms with Crippen molar-refractivity contribution in [3.8, 4) is 0 Å². The van der Waals surface area contributed by atoms with Crippen LogP contribution in [0.3, 0.4) is 0 Å². The van der Waals surface area contributed by atoms with Crippen LogP contribution in [0.4, 0.5) is 5.69 Å². The number of thiocarbonyl (C=S) groups is 1. The van der Waals surface area contributed by atoms with E-state index in [4.69, 9.17) is 23.8 Å². The summed E-state index contributed by atoms with van der Waals surface area (Å²) in [6, 6.07) is 9.53. The van der Waals surface area contributed by atoms with Crippen LogP contribution in [0.25, 0.3) is 0 Å². The van der Waals surface area contributed by atoms with Gasteiger partial charge in [-0.25, -0.2) is 0 Å². The van der Waals surface area contributed by atoms with Crippen molar-refractivity contribution >= 4 is 34.6 Å². The lowest BCUT2D eigenvalue weighted by atomic mass is 10.3. The summed E-state index contributed by atoms with van der Waals surface area (Å²) >= 11 is 11.1. The second kappa shape index (κ2) is 7.43. The Morgan fingerprint density at radius 2 is 2.00 bits per heavy atom. The smallest absolute Gasteiger partial charge is 0.170 e. The summed E-state index contributed by atoms with van der Waals surface area (Å²) in [5.74, 6) is 0. The molecular formula is C15H19ClN4S. The summed E-state index contributed by atoms with van der Waals surface area (Å²) in [5.41, 5.74) is 3.17. The maximum atomic E-state index is 5.84. The Bertz CT molecular complexity index is 607. The zero-order chi connectivity index (χ0) is 15.2. The van der Waals surface area contributed by atoms with Crippen LogP contribution in [0, 0.1) is 13.8 Å². The van der Waals surface area contributed by atoms with E-state index in [-0.39, 0.29) is 0 Å². The van der Waals surface area contributed by atoms with E-state index in [9.17, 15) is 0 Å². The molecule has 112 valence electrons. The number of benzene rings is 1. The molecule has 0 radical (unpaired) electrons. The number of halogens is 1. The molecule has 0 saturated heterocycles. The van der Waals surface area contributed by atoms with Crippen LogP contribution in [-0.4, -0.2) is 21.4 Å². The van der Waals surface area contributed by atoms with Gasteiger partial charge in [0, 0.05) is 29.5 Å². The Hall–Kier alpha value is -1.59. The lowest BCUT2D eigenvalue weighted by molar-refractivity contribution is 0.558. The Morgan fingerprint density at radius 3 is 2.62 bits per heavy atom. The standard InChI is InChI=1S/C15H19ClN4S/c1-11-10-12(2)20(19-11)9-3-8-17-15(21)18-14-6-4-13(16)5-7-14/h4-7,10H,3,8-9H2,1-2H3,(H2,17,18,21). The van der Waals surface area contributed by atoms with Crippen LogP contribution >= 0.6 is 23.8 Å². The third-order valence-electron chi connectivity index (χ3n) is 3.04. The van der Waals surface area contributed by atoms with Gasteiger partial charge in [-0.15, -0.1) is 0 Å². The fourth-order valence-corrected chi connectivity index (χ4v) is 2.39. The van der Waals surface area contributed by atoms with Gasteiger partial charge in [0.05, 0.1) is 5.69 Å². The maximum Gasteiger partial charge on any atom is 0.170 e. The third kappa shape index (κ3) is 5.02. The van der Waals surface area contributed by atoms with E-state index in [0.717, 1.165) is 30.9 Å². The molecule has 2 rings (SSSR count). The number of aromatic nitrogens is 2. The molecule has 1 aromatic carbocycles. The Balaban J connectivity index is 1.70. The van der Waals surface area contributed by atoms with E-state index in [1.54, 1.807) is 0 Å². The molecule has 1 heterocycles. The van der Waals surface area contributed by atoms with Crippen LogP contribution in [-0.2, 0) is 6.54 Å². The van der Waals surface area contributed by atoms with Crippen molar-refractivity contribution in [2.45, 2.75) is 26.8 Å². The number of nitrogens with zero attached hydrogens (tertiary/aromatic N) is 2.